The van der Waals surface area contributed by atoms with Gasteiger partial charge in [-0.3, -0.25) is 0 Å². The van der Waals surface area contributed by atoms with E-state index in [-0.39, 0.29) is 6.10 Å². The highest BCUT2D eigenvalue weighted by atomic mass is 28.4. The number of rotatable bonds is 4. The molecular weight excluding hydrogens is 284 g/mol. The molecule has 0 bridgehead atoms. The second-order valence-electron chi connectivity index (χ2n) is 6.85. The molecule has 2 fully saturated rings. The molecule has 1 aromatic carbocycles. The van der Waals surface area contributed by atoms with E-state index in [1.165, 1.54) is 0 Å². The lowest BCUT2D eigenvalue weighted by molar-refractivity contribution is -0.356. The van der Waals surface area contributed by atoms with Gasteiger partial charge in [0.2, 0.25) is 0 Å². The first-order valence-electron chi connectivity index (χ1n) is 7.51. The van der Waals surface area contributed by atoms with Crippen LogP contribution in [-0.2, 0) is 18.6 Å². The summed E-state index contributed by atoms with van der Waals surface area (Å²) in [6.45, 7) is 10.3. The van der Waals surface area contributed by atoms with Crippen molar-refractivity contribution in [3.05, 3.63) is 35.9 Å². The van der Waals surface area contributed by atoms with Crippen LogP contribution in [0, 0.1) is 0 Å². The van der Waals surface area contributed by atoms with Crippen LogP contribution in [0.4, 0.5) is 0 Å². The van der Waals surface area contributed by atoms with Crippen LogP contribution in [0.5, 0.6) is 0 Å². The highest BCUT2D eigenvalue weighted by molar-refractivity contribution is 6.69. The minimum Gasteiger partial charge on any atom is -0.402 e. The van der Waals surface area contributed by atoms with Crippen molar-refractivity contribution in [2.45, 2.75) is 44.1 Å². The quantitative estimate of drug-likeness (QED) is 0.801. The van der Waals surface area contributed by atoms with Crippen molar-refractivity contribution in [2.75, 3.05) is 19.8 Å². The zero-order chi connectivity index (χ0) is 15.1. The van der Waals surface area contributed by atoms with Gasteiger partial charge >= 0.3 is 0 Å². The fourth-order valence-corrected chi connectivity index (χ4v) is 4.61. The molecule has 0 aliphatic carbocycles. The molecular formula is C16H24O4Si. The molecule has 2 saturated heterocycles. The van der Waals surface area contributed by atoms with Crippen LogP contribution < -0.4 is 0 Å². The maximum Gasteiger partial charge on any atom is 0.199 e. The Morgan fingerprint density at radius 1 is 1.10 bits per heavy atom. The summed E-state index contributed by atoms with van der Waals surface area (Å²) in [7, 11) is -1.79. The number of hydrogen-bond donors (Lipinski definition) is 0. The van der Waals surface area contributed by atoms with E-state index in [1.807, 2.05) is 25.1 Å². The van der Waals surface area contributed by atoms with E-state index in [2.05, 4.69) is 31.8 Å². The second kappa shape index (κ2) is 5.17. The molecule has 0 saturated carbocycles. The predicted molar refractivity (Wildman–Crippen MR) is 82.6 cm³/mol. The summed E-state index contributed by atoms with van der Waals surface area (Å²) in [4.78, 5) is 0. The lowest BCUT2D eigenvalue weighted by Crippen LogP contribution is -2.70. The lowest BCUT2D eigenvalue weighted by Gasteiger charge is -2.57. The van der Waals surface area contributed by atoms with Crippen LogP contribution in [0.1, 0.15) is 18.6 Å². The molecule has 0 unspecified atom stereocenters. The fourth-order valence-electron chi connectivity index (χ4n) is 3.16. The van der Waals surface area contributed by atoms with Gasteiger partial charge in [-0.2, -0.15) is 0 Å². The Labute approximate surface area is 127 Å². The third kappa shape index (κ3) is 2.57. The molecule has 2 heterocycles. The Hall–Kier alpha value is -0.723. The topological polar surface area (TPSA) is 36.9 Å². The molecule has 2 aliphatic heterocycles. The first-order valence-corrected chi connectivity index (χ1v) is 10.9. The molecule has 0 radical (unpaired) electrons. The van der Waals surface area contributed by atoms with Gasteiger partial charge in [-0.05, 0) is 32.1 Å². The van der Waals surface area contributed by atoms with Crippen molar-refractivity contribution in [1.82, 2.24) is 0 Å². The average Bonchev–Trinajstić information content (AvgIpc) is 2.83. The van der Waals surface area contributed by atoms with Crippen molar-refractivity contribution in [3.8, 4) is 0 Å². The summed E-state index contributed by atoms with van der Waals surface area (Å²) in [5, 5.41) is 0. The Balaban J connectivity index is 1.97. The van der Waals surface area contributed by atoms with Crippen molar-refractivity contribution in [1.29, 1.82) is 0 Å². The van der Waals surface area contributed by atoms with Gasteiger partial charge in [0, 0.05) is 0 Å². The molecule has 5 heteroatoms. The lowest BCUT2D eigenvalue weighted by atomic mass is 9.80. The highest BCUT2D eigenvalue weighted by Crippen LogP contribution is 2.52. The number of benzene rings is 1. The standard InChI is InChI=1S/C16H24O4Si/c1-15(18-10-11-19-15)16(20-21(2,3)4)12-17-14(16)13-8-6-5-7-9-13/h5-9,14H,10-12H2,1-4H3/t14-,16-/m0/s1. The van der Waals surface area contributed by atoms with E-state index < -0.39 is 19.7 Å². The van der Waals surface area contributed by atoms with Gasteiger partial charge in [-0.15, -0.1) is 0 Å². The Bertz CT molecular complexity index is 493. The predicted octanol–water partition coefficient (Wildman–Crippen LogP) is 3.11. The second-order valence-corrected chi connectivity index (χ2v) is 11.3. The van der Waals surface area contributed by atoms with E-state index >= 15 is 0 Å². The molecule has 4 nitrogen and oxygen atoms in total. The monoisotopic (exact) mass is 308 g/mol. The van der Waals surface area contributed by atoms with Gasteiger partial charge in [0.1, 0.15) is 6.10 Å². The Kier molecular flexibility index (Phi) is 3.74. The molecule has 21 heavy (non-hydrogen) atoms. The van der Waals surface area contributed by atoms with Gasteiger partial charge in [0.15, 0.2) is 19.7 Å². The van der Waals surface area contributed by atoms with Crippen molar-refractivity contribution < 1.29 is 18.6 Å². The van der Waals surface area contributed by atoms with E-state index in [1.54, 1.807) is 0 Å². The van der Waals surface area contributed by atoms with Crippen molar-refractivity contribution in [3.63, 3.8) is 0 Å². The molecule has 2 atom stereocenters. The smallest absolute Gasteiger partial charge is 0.199 e. The summed E-state index contributed by atoms with van der Waals surface area (Å²) in [5.74, 6) is -0.744. The molecule has 0 spiro atoms. The Morgan fingerprint density at radius 3 is 2.19 bits per heavy atom. The molecule has 0 aromatic heterocycles. The number of hydrogen-bond acceptors (Lipinski definition) is 4. The summed E-state index contributed by atoms with van der Waals surface area (Å²) in [5.41, 5.74) is 0.553. The summed E-state index contributed by atoms with van der Waals surface area (Å²) < 4.78 is 24.4. The van der Waals surface area contributed by atoms with Crippen LogP contribution in [0.25, 0.3) is 0 Å². The van der Waals surface area contributed by atoms with Crippen LogP contribution in [0.2, 0.25) is 19.6 Å². The van der Waals surface area contributed by atoms with Crippen molar-refractivity contribution >= 4 is 8.32 Å². The first kappa shape index (κ1) is 15.2. The highest BCUT2D eigenvalue weighted by Gasteiger charge is 2.66. The van der Waals surface area contributed by atoms with Crippen LogP contribution in [0.3, 0.4) is 0 Å². The largest absolute Gasteiger partial charge is 0.402 e. The SMILES string of the molecule is CC1([C@]2(O[Si](C)(C)C)CO[C@H]2c2ccccc2)OCCO1. The van der Waals surface area contributed by atoms with Crippen LogP contribution in [-0.4, -0.2) is 39.5 Å². The summed E-state index contributed by atoms with van der Waals surface area (Å²) >= 11 is 0. The van der Waals surface area contributed by atoms with Crippen molar-refractivity contribution in [2.24, 2.45) is 0 Å². The summed E-state index contributed by atoms with van der Waals surface area (Å²) in [6, 6.07) is 10.2. The fraction of sp³-hybridized carbons (Fsp3) is 0.625. The van der Waals surface area contributed by atoms with E-state index in [0.29, 0.717) is 19.8 Å². The zero-order valence-corrected chi connectivity index (χ0v) is 14.2. The summed E-state index contributed by atoms with van der Waals surface area (Å²) in [6.07, 6.45) is -0.145. The van der Waals surface area contributed by atoms with E-state index in [9.17, 15) is 0 Å². The van der Waals surface area contributed by atoms with Gasteiger partial charge < -0.3 is 18.6 Å². The molecule has 0 amide bonds. The Morgan fingerprint density at radius 2 is 1.71 bits per heavy atom. The first-order chi connectivity index (χ1) is 9.86. The average molecular weight is 308 g/mol. The third-order valence-electron chi connectivity index (χ3n) is 4.09. The minimum atomic E-state index is -1.79. The maximum absolute atomic E-state index is 6.58. The normalized spacial score (nSPS) is 31.9. The zero-order valence-electron chi connectivity index (χ0n) is 13.2. The van der Waals surface area contributed by atoms with Gasteiger partial charge in [-0.1, -0.05) is 30.3 Å². The third-order valence-corrected chi connectivity index (χ3v) is 5.06. The molecule has 0 N–H and O–H groups in total. The molecule has 3 rings (SSSR count). The van der Waals surface area contributed by atoms with E-state index in [0.717, 1.165) is 5.56 Å². The van der Waals surface area contributed by atoms with Gasteiger partial charge in [0.25, 0.3) is 0 Å². The van der Waals surface area contributed by atoms with Crippen LogP contribution in [0.15, 0.2) is 30.3 Å². The van der Waals surface area contributed by atoms with Crippen LogP contribution >= 0.6 is 0 Å². The molecule has 2 aliphatic rings. The number of ether oxygens (including phenoxy) is 3. The van der Waals surface area contributed by atoms with Gasteiger partial charge in [0.05, 0.1) is 19.8 Å². The van der Waals surface area contributed by atoms with E-state index in [4.69, 9.17) is 18.6 Å². The maximum atomic E-state index is 6.58. The molecule has 1 aromatic rings. The van der Waals surface area contributed by atoms with Gasteiger partial charge in [-0.25, -0.2) is 0 Å². The minimum absolute atomic E-state index is 0.145. The molecule has 116 valence electrons.